The highest BCUT2D eigenvalue weighted by Gasteiger charge is 2.17. The molecule has 1 fully saturated rings. The molecule has 1 rings (SSSR count). The van der Waals surface area contributed by atoms with E-state index in [1.54, 1.807) is 0 Å². The largest absolute Gasteiger partial charge is 0.303 e. The third-order valence-corrected chi connectivity index (χ3v) is 3.18. The second-order valence-electron chi connectivity index (χ2n) is 3.94. The molecular weight excluding hydrogens is 214 g/mol. The van der Waals surface area contributed by atoms with Crippen molar-refractivity contribution in [2.24, 2.45) is 5.92 Å². The van der Waals surface area contributed by atoms with Crippen LogP contribution < -0.4 is 0 Å². The average molecular weight is 234 g/mol. The molecule has 2 heteroatoms. The van der Waals surface area contributed by atoms with Crippen molar-refractivity contribution in [1.29, 1.82) is 0 Å². The zero-order chi connectivity index (χ0) is 8.81. The first kappa shape index (κ1) is 10.5. The molecule has 0 amide bonds. The molecule has 0 aliphatic carbocycles. The molecule has 1 aliphatic heterocycles. The first-order valence-electron chi connectivity index (χ1n) is 5.11. The Balaban J connectivity index is 1.93. The van der Waals surface area contributed by atoms with Gasteiger partial charge in [-0.3, -0.25) is 0 Å². The second-order valence-corrected chi connectivity index (χ2v) is 4.74. The van der Waals surface area contributed by atoms with Crippen LogP contribution in [-0.4, -0.2) is 29.9 Å². The lowest BCUT2D eigenvalue weighted by Gasteiger charge is -2.14. The third-order valence-electron chi connectivity index (χ3n) is 2.62. The van der Waals surface area contributed by atoms with E-state index in [1.807, 2.05) is 0 Å². The first-order chi connectivity index (χ1) is 5.83. The van der Waals surface area contributed by atoms with Crippen LogP contribution in [0.4, 0.5) is 0 Å². The van der Waals surface area contributed by atoms with E-state index >= 15 is 0 Å². The van der Waals surface area contributed by atoms with Crippen molar-refractivity contribution in [1.82, 2.24) is 4.90 Å². The molecule has 0 aromatic carbocycles. The van der Waals surface area contributed by atoms with E-state index in [4.69, 9.17) is 0 Å². The summed E-state index contributed by atoms with van der Waals surface area (Å²) in [7, 11) is 0. The van der Waals surface area contributed by atoms with Crippen LogP contribution in [0.15, 0.2) is 0 Å². The van der Waals surface area contributed by atoms with Gasteiger partial charge in [-0.1, -0.05) is 29.3 Å². The van der Waals surface area contributed by atoms with E-state index in [0.717, 1.165) is 5.92 Å². The average Bonchev–Trinajstić information content (AvgIpc) is 2.45. The maximum atomic E-state index is 3.46. The lowest BCUT2D eigenvalue weighted by Crippen LogP contribution is -2.21. The zero-order valence-electron chi connectivity index (χ0n) is 8.06. The van der Waals surface area contributed by atoms with Crippen LogP contribution in [0.5, 0.6) is 0 Å². The van der Waals surface area contributed by atoms with Gasteiger partial charge in [0.15, 0.2) is 0 Å². The number of hydrogen-bond donors (Lipinski definition) is 0. The molecule has 1 atom stereocenters. The Labute approximate surface area is 84.6 Å². The van der Waals surface area contributed by atoms with Gasteiger partial charge in [-0.25, -0.2) is 0 Å². The molecule has 1 nitrogen and oxygen atoms in total. The van der Waals surface area contributed by atoms with Gasteiger partial charge in [0.1, 0.15) is 0 Å². The fraction of sp³-hybridized carbons (Fsp3) is 1.00. The third kappa shape index (κ3) is 3.90. The van der Waals surface area contributed by atoms with Crippen molar-refractivity contribution in [3.63, 3.8) is 0 Å². The first-order valence-corrected chi connectivity index (χ1v) is 6.23. The normalized spacial score (nSPS) is 25.0. The van der Waals surface area contributed by atoms with Crippen LogP contribution in [0, 0.1) is 5.92 Å². The molecule has 12 heavy (non-hydrogen) atoms. The van der Waals surface area contributed by atoms with E-state index in [0.29, 0.717) is 0 Å². The maximum absolute atomic E-state index is 3.46. The predicted molar refractivity (Wildman–Crippen MR) is 57.9 cm³/mol. The molecule has 1 unspecified atom stereocenters. The van der Waals surface area contributed by atoms with Crippen LogP contribution >= 0.6 is 15.9 Å². The highest BCUT2D eigenvalue weighted by Crippen LogP contribution is 2.15. The molecule has 0 saturated carbocycles. The van der Waals surface area contributed by atoms with Gasteiger partial charge in [0.25, 0.3) is 0 Å². The molecule has 0 bridgehead atoms. The number of hydrogen-bond acceptors (Lipinski definition) is 1. The van der Waals surface area contributed by atoms with E-state index in [9.17, 15) is 0 Å². The highest BCUT2D eigenvalue weighted by atomic mass is 79.9. The Kier molecular flexibility index (Phi) is 5.24. The minimum atomic E-state index is 0.946. The summed E-state index contributed by atoms with van der Waals surface area (Å²) in [6, 6.07) is 0. The lowest BCUT2D eigenvalue weighted by atomic mass is 10.2. The highest BCUT2D eigenvalue weighted by molar-refractivity contribution is 9.09. The molecule has 1 heterocycles. The van der Waals surface area contributed by atoms with Crippen molar-refractivity contribution < 1.29 is 0 Å². The number of alkyl halides is 1. The standard InChI is InChI=1S/C10H20BrN/c1-10-5-8-12(9-10)7-4-2-3-6-11/h10H,2-9H2,1H3. The van der Waals surface area contributed by atoms with Crippen LogP contribution in [-0.2, 0) is 0 Å². The molecule has 72 valence electrons. The summed E-state index contributed by atoms with van der Waals surface area (Å²) in [5.41, 5.74) is 0. The van der Waals surface area contributed by atoms with Crippen LogP contribution in [0.25, 0.3) is 0 Å². The summed E-state index contributed by atoms with van der Waals surface area (Å²) in [6.07, 6.45) is 5.52. The van der Waals surface area contributed by atoms with Gasteiger partial charge >= 0.3 is 0 Å². The van der Waals surface area contributed by atoms with Gasteiger partial charge in [0, 0.05) is 11.9 Å². The fourth-order valence-electron chi connectivity index (χ4n) is 1.84. The zero-order valence-corrected chi connectivity index (χ0v) is 9.65. The summed E-state index contributed by atoms with van der Waals surface area (Å²) in [5.74, 6) is 0.946. The van der Waals surface area contributed by atoms with Gasteiger partial charge < -0.3 is 4.90 Å². The number of nitrogens with zero attached hydrogens (tertiary/aromatic N) is 1. The minimum absolute atomic E-state index is 0.946. The topological polar surface area (TPSA) is 3.24 Å². The minimum Gasteiger partial charge on any atom is -0.303 e. The van der Waals surface area contributed by atoms with Crippen molar-refractivity contribution in [3.05, 3.63) is 0 Å². The van der Waals surface area contributed by atoms with E-state index in [-0.39, 0.29) is 0 Å². The SMILES string of the molecule is CC1CCN(CCCCCBr)C1. The quantitative estimate of drug-likeness (QED) is 0.522. The monoisotopic (exact) mass is 233 g/mol. The predicted octanol–water partition coefficient (Wildman–Crippen LogP) is 2.89. The van der Waals surface area contributed by atoms with E-state index in [1.165, 1.54) is 50.6 Å². The van der Waals surface area contributed by atoms with Gasteiger partial charge in [-0.2, -0.15) is 0 Å². The van der Waals surface area contributed by atoms with Gasteiger partial charge in [0.05, 0.1) is 0 Å². The molecule has 0 N–H and O–H groups in total. The van der Waals surface area contributed by atoms with Crippen molar-refractivity contribution in [3.8, 4) is 0 Å². The number of rotatable bonds is 5. The summed E-state index contributed by atoms with van der Waals surface area (Å²) < 4.78 is 0. The second kappa shape index (κ2) is 5.98. The van der Waals surface area contributed by atoms with Crippen molar-refractivity contribution in [2.45, 2.75) is 32.6 Å². The molecule has 1 saturated heterocycles. The Bertz CT molecular complexity index is 116. The Hall–Kier alpha value is 0.440. The molecule has 0 aromatic rings. The Morgan fingerprint density at radius 2 is 2.17 bits per heavy atom. The van der Waals surface area contributed by atoms with Gasteiger partial charge in [-0.05, 0) is 38.3 Å². The summed E-state index contributed by atoms with van der Waals surface area (Å²) in [5, 5.41) is 1.17. The number of unbranched alkanes of at least 4 members (excludes halogenated alkanes) is 2. The molecular formula is C10H20BrN. The van der Waals surface area contributed by atoms with Gasteiger partial charge in [-0.15, -0.1) is 0 Å². The lowest BCUT2D eigenvalue weighted by molar-refractivity contribution is 0.319. The van der Waals surface area contributed by atoms with E-state index < -0.39 is 0 Å². The fourth-order valence-corrected chi connectivity index (χ4v) is 2.23. The van der Waals surface area contributed by atoms with Crippen LogP contribution in [0.3, 0.4) is 0 Å². The van der Waals surface area contributed by atoms with E-state index in [2.05, 4.69) is 27.8 Å². The number of halogens is 1. The van der Waals surface area contributed by atoms with Crippen LogP contribution in [0.2, 0.25) is 0 Å². The summed E-state index contributed by atoms with van der Waals surface area (Å²) >= 11 is 3.46. The smallest absolute Gasteiger partial charge is 0.00313 e. The maximum Gasteiger partial charge on any atom is 0.00313 e. The Morgan fingerprint density at radius 3 is 2.75 bits per heavy atom. The molecule has 0 aromatic heterocycles. The molecule has 0 spiro atoms. The van der Waals surface area contributed by atoms with Crippen LogP contribution in [0.1, 0.15) is 32.6 Å². The van der Waals surface area contributed by atoms with Gasteiger partial charge in [0.2, 0.25) is 0 Å². The molecule has 1 aliphatic rings. The number of likely N-dealkylation sites (tertiary alicyclic amines) is 1. The Morgan fingerprint density at radius 1 is 1.33 bits per heavy atom. The van der Waals surface area contributed by atoms with Crippen molar-refractivity contribution >= 4 is 15.9 Å². The summed E-state index contributed by atoms with van der Waals surface area (Å²) in [6.45, 7) is 6.37. The molecule has 0 radical (unpaired) electrons. The summed E-state index contributed by atoms with van der Waals surface area (Å²) in [4.78, 5) is 2.61. The van der Waals surface area contributed by atoms with Crippen molar-refractivity contribution in [2.75, 3.05) is 25.0 Å².